The topological polar surface area (TPSA) is 47.3 Å². The van der Waals surface area contributed by atoms with E-state index in [4.69, 9.17) is 5.26 Å². The number of rotatable bonds is 6. The molecular weight excluding hydrogens is 414 g/mol. The van der Waals surface area contributed by atoms with Gasteiger partial charge in [-0.1, -0.05) is 28.1 Å². The molecular formula is C23H26BrN3O. The van der Waals surface area contributed by atoms with E-state index in [-0.39, 0.29) is 5.91 Å². The van der Waals surface area contributed by atoms with Crippen LogP contribution in [0, 0.1) is 11.3 Å². The number of benzene rings is 2. The van der Waals surface area contributed by atoms with Gasteiger partial charge in [-0.25, -0.2) is 0 Å². The summed E-state index contributed by atoms with van der Waals surface area (Å²) in [5.41, 5.74) is 3.13. The first kappa shape index (κ1) is 20.4. The Kier molecular flexibility index (Phi) is 7.50. The molecule has 146 valence electrons. The highest BCUT2D eigenvalue weighted by Gasteiger charge is 2.19. The van der Waals surface area contributed by atoms with Gasteiger partial charge in [0.2, 0.25) is 5.91 Å². The van der Waals surface area contributed by atoms with Gasteiger partial charge in [0.05, 0.1) is 11.6 Å². The van der Waals surface area contributed by atoms with Crippen LogP contribution >= 0.6 is 15.9 Å². The van der Waals surface area contributed by atoms with Crippen molar-refractivity contribution in [2.24, 2.45) is 0 Å². The Bertz CT molecular complexity index is 811. The summed E-state index contributed by atoms with van der Waals surface area (Å²) in [7, 11) is 0. The molecule has 2 aromatic carbocycles. The van der Waals surface area contributed by atoms with Crippen molar-refractivity contribution in [2.75, 3.05) is 31.1 Å². The highest BCUT2D eigenvalue weighted by molar-refractivity contribution is 9.10. The third-order valence-corrected chi connectivity index (χ3v) is 5.76. The van der Waals surface area contributed by atoms with Crippen LogP contribution in [0.2, 0.25) is 0 Å². The molecule has 3 rings (SSSR count). The predicted octanol–water partition coefficient (Wildman–Crippen LogP) is 4.77. The third kappa shape index (κ3) is 5.84. The quantitative estimate of drug-likeness (QED) is 0.608. The minimum atomic E-state index is 0.275. The van der Waals surface area contributed by atoms with Crippen molar-refractivity contribution in [3.8, 4) is 6.07 Å². The zero-order valence-corrected chi connectivity index (χ0v) is 17.7. The average molecular weight is 440 g/mol. The number of amides is 1. The summed E-state index contributed by atoms with van der Waals surface area (Å²) in [5.74, 6) is 0.275. The fourth-order valence-corrected chi connectivity index (χ4v) is 3.85. The largest absolute Gasteiger partial charge is 0.370 e. The van der Waals surface area contributed by atoms with E-state index in [9.17, 15) is 4.79 Å². The summed E-state index contributed by atoms with van der Waals surface area (Å²) >= 11 is 3.46. The minimum Gasteiger partial charge on any atom is -0.370 e. The Morgan fingerprint density at radius 3 is 2.43 bits per heavy atom. The predicted molar refractivity (Wildman–Crippen MR) is 116 cm³/mol. The van der Waals surface area contributed by atoms with Gasteiger partial charge in [0.15, 0.2) is 0 Å². The van der Waals surface area contributed by atoms with E-state index in [1.807, 2.05) is 29.2 Å². The van der Waals surface area contributed by atoms with Crippen LogP contribution in [-0.4, -0.2) is 37.0 Å². The summed E-state index contributed by atoms with van der Waals surface area (Å²) < 4.78 is 1.10. The van der Waals surface area contributed by atoms with Crippen LogP contribution in [0.25, 0.3) is 0 Å². The van der Waals surface area contributed by atoms with E-state index < -0.39 is 0 Å². The Morgan fingerprint density at radius 1 is 0.964 bits per heavy atom. The number of anilines is 1. The molecule has 1 fully saturated rings. The number of unbranched alkanes of at least 4 members (excludes halogenated alkanes) is 1. The molecule has 2 aromatic rings. The van der Waals surface area contributed by atoms with Crippen LogP contribution in [0.4, 0.5) is 5.69 Å². The van der Waals surface area contributed by atoms with E-state index in [2.05, 4.69) is 51.2 Å². The zero-order chi connectivity index (χ0) is 19.8. The van der Waals surface area contributed by atoms with Gasteiger partial charge in [0.25, 0.3) is 0 Å². The van der Waals surface area contributed by atoms with Crippen LogP contribution in [0.5, 0.6) is 0 Å². The maximum absolute atomic E-state index is 12.6. The zero-order valence-electron chi connectivity index (χ0n) is 16.1. The standard InChI is InChI=1S/C23H26BrN3O/c24-21-10-6-19(7-11-21)4-1-2-5-23(28)27-15-3-14-26(16-17-27)22-12-8-20(18-25)9-13-22/h6-13H,1-5,14-17H2. The second-order valence-electron chi connectivity index (χ2n) is 7.21. The van der Waals surface area contributed by atoms with E-state index in [0.717, 1.165) is 62.0 Å². The van der Waals surface area contributed by atoms with Gasteiger partial charge in [-0.05, 0) is 67.6 Å². The molecule has 0 unspecified atom stereocenters. The number of carbonyl (C=O) groups is 1. The first-order valence-corrected chi connectivity index (χ1v) is 10.7. The van der Waals surface area contributed by atoms with Crippen LogP contribution in [0.3, 0.4) is 0 Å². The molecule has 1 aliphatic heterocycles. The Morgan fingerprint density at radius 2 is 1.71 bits per heavy atom. The van der Waals surface area contributed by atoms with Crippen molar-refractivity contribution < 1.29 is 4.79 Å². The molecule has 5 heteroatoms. The fraction of sp³-hybridized carbons (Fsp3) is 0.391. The maximum Gasteiger partial charge on any atom is 0.222 e. The van der Waals surface area contributed by atoms with Gasteiger partial charge in [-0.2, -0.15) is 5.26 Å². The molecule has 1 amide bonds. The first-order valence-electron chi connectivity index (χ1n) is 9.93. The van der Waals surface area contributed by atoms with Crippen molar-refractivity contribution in [3.63, 3.8) is 0 Å². The molecule has 1 aliphatic rings. The molecule has 0 radical (unpaired) electrons. The highest BCUT2D eigenvalue weighted by atomic mass is 79.9. The molecule has 0 atom stereocenters. The summed E-state index contributed by atoms with van der Waals surface area (Å²) in [6.07, 6.45) is 4.61. The molecule has 0 spiro atoms. The lowest BCUT2D eigenvalue weighted by atomic mass is 10.1. The van der Waals surface area contributed by atoms with Gasteiger partial charge in [-0.15, -0.1) is 0 Å². The van der Waals surface area contributed by atoms with Crippen molar-refractivity contribution in [1.82, 2.24) is 4.90 Å². The normalized spacial score (nSPS) is 14.4. The van der Waals surface area contributed by atoms with Crippen molar-refractivity contribution >= 4 is 27.5 Å². The number of nitriles is 1. The van der Waals surface area contributed by atoms with E-state index in [1.54, 1.807) is 0 Å². The molecule has 0 saturated carbocycles. The molecule has 1 heterocycles. The smallest absolute Gasteiger partial charge is 0.222 e. The minimum absolute atomic E-state index is 0.275. The lowest BCUT2D eigenvalue weighted by Crippen LogP contribution is -2.35. The van der Waals surface area contributed by atoms with E-state index >= 15 is 0 Å². The number of aryl methyl sites for hydroxylation is 1. The summed E-state index contributed by atoms with van der Waals surface area (Å²) in [5, 5.41) is 8.93. The molecule has 28 heavy (non-hydrogen) atoms. The van der Waals surface area contributed by atoms with Crippen molar-refractivity contribution in [2.45, 2.75) is 32.1 Å². The fourth-order valence-electron chi connectivity index (χ4n) is 3.59. The molecule has 0 aromatic heterocycles. The molecule has 0 bridgehead atoms. The molecule has 4 nitrogen and oxygen atoms in total. The number of halogens is 1. The Hall–Kier alpha value is -2.32. The highest BCUT2D eigenvalue weighted by Crippen LogP contribution is 2.18. The lowest BCUT2D eigenvalue weighted by Gasteiger charge is -2.24. The van der Waals surface area contributed by atoms with Crippen molar-refractivity contribution in [1.29, 1.82) is 5.26 Å². The second kappa shape index (κ2) is 10.3. The molecule has 0 N–H and O–H groups in total. The second-order valence-corrected chi connectivity index (χ2v) is 8.13. The van der Waals surface area contributed by atoms with Gasteiger partial charge in [-0.3, -0.25) is 4.79 Å². The van der Waals surface area contributed by atoms with Crippen LogP contribution in [-0.2, 0) is 11.2 Å². The third-order valence-electron chi connectivity index (χ3n) is 5.23. The van der Waals surface area contributed by atoms with Gasteiger partial charge in [0, 0.05) is 42.8 Å². The van der Waals surface area contributed by atoms with Crippen LogP contribution in [0.15, 0.2) is 53.0 Å². The Labute approximate surface area is 175 Å². The SMILES string of the molecule is N#Cc1ccc(N2CCCN(C(=O)CCCCc3ccc(Br)cc3)CC2)cc1. The van der Waals surface area contributed by atoms with E-state index in [1.165, 1.54) is 5.56 Å². The van der Waals surface area contributed by atoms with Gasteiger partial charge < -0.3 is 9.80 Å². The number of hydrogen-bond donors (Lipinski definition) is 0. The van der Waals surface area contributed by atoms with E-state index in [0.29, 0.717) is 12.0 Å². The summed E-state index contributed by atoms with van der Waals surface area (Å²) in [4.78, 5) is 16.9. The van der Waals surface area contributed by atoms with Crippen LogP contribution < -0.4 is 4.90 Å². The average Bonchev–Trinajstić information content (AvgIpc) is 2.99. The maximum atomic E-state index is 12.6. The van der Waals surface area contributed by atoms with Crippen molar-refractivity contribution in [3.05, 3.63) is 64.1 Å². The number of carbonyl (C=O) groups excluding carboxylic acids is 1. The van der Waals surface area contributed by atoms with Gasteiger partial charge in [0.1, 0.15) is 0 Å². The summed E-state index contributed by atoms with van der Waals surface area (Å²) in [6, 6.07) is 18.3. The van der Waals surface area contributed by atoms with Crippen LogP contribution in [0.1, 0.15) is 36.8 Å². The molecule has 0 aliphatic carbocycles. The van der Waals surface area contributed by atoms with Gasteiger partial charge >= 0.3 is 0 Å². The summed E-state index contributed by atoms with van der Waals surface area (Å²) in [6.45, 7) is 3.39. The number of hydrogen-bond acceptors (Lipinski definition) is 3. The number of nitrogens with zero attached hydrogens (tertiary/aromatic N) is 3. The Balaban J connectivity index is 1.42. The first-order chi connectivity index (χ1) is 13.7. The lowest BCUT2D eigenvalue weighted by molar-refractivity contribution is -0.131. The monoisotopic (exact) mass is 439 g/mol. The molecule has 1 saturated heterocycles.